The van der Waals surface area contributed by atoms with E-state index >= 15 is 0 Å². The van der Waals surface area contributed by atoms with E-state index in [9.17, 15) is 15.2 Å². The summed E-state index contributed by atoms with van der Waals surface area (Å²) in [5.41, 5.74) is -0.00456. The van der Waals surface area contributed by atoms with Crippen molar-refractivity contribution < 1.29 is 9.90 Å². The van der Waals surface area contributed by atoms with Gasteiger partial charge in [0.25, 0.3) is 0 Å². The third kappa shape index (κ3) is 3.83. The number of amides is 1. The van der Waals surface area contributed by atoms with Gasteiger partial charge in [-0.15, -0.1) is 0 Å². The second-order valence-electron chi connectivity index (χ2n) is 5.73. The number of aliphatic hydroxyl groups is 1. The number of rotatable bonds is 5. The Bertz CT molecular complexity index is 501. The normalized spacial score (nSPS) is 18.5. The van der Waals surface area contributed by atoms with Gasteiger partial charge < -0.3 is 10.4 Å². The maximum atomic E-state index is 12.3. The Balaban J connectivity index is 1.83. The molecule has 0 aromatic heterocycles. The van der Waals surface area contributed by atoms with Gasteiger partial charge in [-0.1, -0.05) is 49.6 Å². The average Bonchev–Trinajstić information content (AvgIpc) is 2.56. The zero-order chi connectivity index (χ0) is 15.1. The maximum absolute atomic E-state index is 12.3. The van der Waals surface area contributed by atoms with E-state index in [0.29, 0.717) is 25.8 Å². The molecule has 4 heteroatoms. The summed E-state index contributed by atoms with van der Waals surface area (Å²) in [6, 6.07) is 11.6. The maximum Gasteiger partial charge on any atom is 0.240 e. The number of nitriles is 1. The molecule has 0 saturated heterocycles. The summed E-state index contributed by atoms with van der Waals surface area (Å²) in [4.78, 5) is 12.3. The fourth-order valence-corrected chi connectivity index (χ4v) is 2.88. The molecule has 1 aromatic carbocycles. The molecule has 0 radical (unpaired) electrons. The van der Waals surface area contributed by atoms with E-state index < -0.39 is 11.5 Å². The van der Waals surface area contributed by atoms with Crippen LogP contribution in [0.3, 0.4) is 0 Å². The van der Waals surface area contributed by atoms with Gasteiger partial charge in [0.1, 0.15) is 5.41 Å². The lowest BCUT2D eigenvalue weighted by Gasteiger charge is -2.29. The van der Waals surface area contributed by atoms with Crippen molar-refractivity contribution >= 4 is 5.91 Å². The predicted octanol–water partition coefficient (Wildman–Crippen LogP) is 2.70. The summed E-state index contributed by atoms with van der Waals surface area (Å²) < 4.78 is 0. The molecule has 0 spiro atoms. The van der Waals surface area contributed by atoms with Crippen LogP contribution in [-0.2, 0) is 4.79 Å². The van der Waals surface area contributed by atoms with Gasteiger partial charge in [0, 0.05) is 6.54 Å². The zero-order valence-corrected chi connectivity index (χ0v) is 12.2. The second-order valence-corrected chi connectivity index (χ2v) is 5.73. The van der Waals surface area contributed by atoms with Crippen LogP contribution in [0.5, 0.6) is 0 Å². The summed E-state index contributed by atoms with van der Waals surface area (Å²) in [5, 5.41) is 22.2. The highest BCUT2D eigenvalue weighted by atomic mass is 16.3. The standard InChI is InChI=1S/C17H22N2O2/c18-13-17(10-5-2-6-11-17)16(21)19-12-9-15(20)14-7-3-1-4-8-14/h1,3-4,7-8,15,20H,2,5-6,9-12H2,(H,19,21). The van der Waals surface area contributed by atoms with Crippen LogP contribution in [0, 0.1) is 16.7 Å². The predicted molar refractivity (Wildman–Crippen MR) is 80.2 cm³/mol. The molecule has 1 unspecified atom stereocenters. The summed E-state index contributed by atoms with van der Waals surface area (Å²) in [6.07, 6.45) is 4.14. The van der Waals surface area contributed by atoms with Crippen molar-refractivity contribution in [3.8, 4) is 6.07 Å². The Kier molecular flexibility index (Phi) is 5.35. The number of nitrogens with one attached hydrogen (secondary N) is 1. The molecule has 21 heavy (non-hydrogen) atoms. The Morgan fingerprint density at radius 3 is 2.57 bits per heavy atom. The topological polar surface area (TPSA) is 73.1 Å². The number of aliphatic hydroxyl groups excluding tert-OH is 1. The zero-order valence-electron chi connectivity index (χ0n) is 12.2. The highest BCUT2D eigenvalue weighted by Crippen LogP contribution is 2.35. The smallest absolute Gasteiger partial charge is 0.240 e. The van der Waals surface area contributed by atoms with Gasteiger partial charge in [-0.25, -0.2) is 0 Å². The lowest BCUT2D eigenvalue weighted by Crippen LogP contribution is -2.42. The van der Waals surface area contributed by atoms with Crippen LogP contribution in [0.2, 0.25) is 0 Å². The highest BCUT2D eigenvalue weighted by Gasteiger charge is 2.39. The van der Waals surface area contributed by atoms with Crippen LogP contribution in [0.25, 0.3) is 0 Å². The monoisotopic (exact) mass is 286 g/mol. The Morgan fingerprint density at radius 2 is 1.95 bits per heavy atom. The Morgan fingerprint density at radius 1 is 1.29 bits per heavy atom. The second kappa shape index (κ2) is 7.24. The lowest BCUT2D eigenvalue weighted by atomic mass is 9.74. The number of benzene rings is 1. The first-order chi connectivity index (χ1) is 10.2. The molecule has 2 rings (SSSR count). The molecule has 0 bridgehead atoms. The van der Waals surface area contributed by atoms with Crippen LogP contribution >= 0.6 is 0 Å². The van der Waals surface area contributed by atoms with E-state index in [-0.39, 0.29) is 5.91 Å². The minimum atomic E-state index is -0.851. The van der Waals surface area contributed by atoms with Gasteiger partial charge >= 0.3 is 0 Å². The minimum absolute atomic E-state index is 0.176. The number of nitrogens with zero attached hydrogens (tertiary/aromatic N) is 1. The van der Waals surface area contributed by atoms with E-state index in [1.54, 1.807) is 0 Å². The molecule has 1 amide bonds. The van der Waals surface area contributed by atoms with Crippen molar-refractivity contribution in [1.29, 1.82) is 5.26 Å². The molecular formula is C17H22N2O2. The number of hydrogen-bond donors (Lipinski definition) is 2. The Hall–Kier alpha value is -1.86. The van der Waals surface area contributed by atoms with Gasteiger partial charge in [0.2, 0.25) is 5.91 Å². The van der Waals surface area contributed by atoms with Crippen molar-refractivity contribution in [2.45, 2.75) is 44.6 Å². The molecule has 112 valence electrons. The summed E-state index contributed by atoms with van der Waals surface area (Å²) >= 11 is 0. The van der Waals surface area contributed by atoms with Crippen LogP contribution in [0.1, 0.15) is 50.2 Å². The summed E-state index contributed by atoms with van der Waals surface area (Å²) in [6.45, 7) is 0.387. The van der Waals surface area contributed by atoms with Crippen molar-refractivity contribution in [1.82, 2.24) is 5.32 Å². The molecule has 1 fully saturated rings. The van der Waals surface area contributed by atoms with E-state index in [1.165, 1.54) is 0 Å². The SMILES string of the molecule is N#CC1(C(=O)NCCC(O)c2ccccc2)CCCCC1. The first-order valence-corrected chi connectivity index (χ1v) is 7.60. The molecular weight excluding hydrogens is 264 g/mol. The highest BCUT2D eigenvalue weighted by molar-refractivity contribution is 5.85. The summed E-state index contributed by atoms with van der Waals surface area (Å²) in [5.74, 6) is -0.176. The Labute approximate surface area is 125 Å². The van der Waals surface area contributed by atoms with Gasteiger partial charge in [-0.3, -0.25) is 4.79 Å². The molecule has 4 nitrogen and oxygen atoms in total. The van der Waals surface area contributed by atoms with Crippen LogP contribution < -0.4 is 5.32 Å². The molecule has 1 saturated carbocycles. The van der Waals surface area contributed by atoms with E-state index in [2.05, 4.69) is 11.4 Å². The van der Waals surface area contributed by atoms with E-state index in [4.69, 9.17) is 0 Å². The van der Waals surface area contributed by atoms with Crippen molar-refractivity contribution in [3.05, 3.63) is 35.9 Å². The van der Waals surface area contributed by atoms with Gasteiger partial charge in [-0.2, -0.15) is 5.26 Å². The molecule has 0 aliphatic heterocycles. The third-order valence-corrected chi connectivity index (χ3v) is 4.24. The molecule has 1 aliphatic carbocycles. The fourth-order valence-electron chi connectivity index (χ4n) is 2.88. The lowest BCUT2D eigenvalue weighted by molar-refractivity contribution is -0.129. The third-order valence-electron chi connectivity index (χ3n) is 4.24. The fraction of sp³-hybridized carbons (Fsp3) is 0.529. The largest absolute Gasteiger partial charge is 0.388 e. The number of carbonyl (C=O) groups is 1. The first-order valence-electron chi connectivity index (χ1n) is 7.60. The quantitative estimate of drug-likeness (QED) is 0.874. The molecule has 1 atom stereocenters. The van der Waals surface area contributed by atoms with Crippen molar-refractivity contribution in [2.75, 3.05) is 6.54 Å². The molecule has 2 N–H and O–H groups in total. The van der Waals surface area contributed by atoms with Crippen LogP contribution in [-0.4, -0.2) is 17.6 Å². The van der Waals surface area contributed by atoms with Crippen molar-refractivity contribution in [2.24, 2.45) is 5.41 Å². The summed E-state index contributed by atoms with van der Waals surface area (Å²) in [7, 11) is 0. The van der Waals surface area contributed by atoms with Crippen molar-refractivity contribution in [3.63, 3.8) is 0 Å². The number of hydrogen-bond acceptors (Lipinski definition) is 3. The first kappa shape index (κ1) is 15.5. The van der Waals surface area contributed by atoms with Crippen LogP contribution in [0.15, 0.2) is 30.3 Å². The van der Waals surface area contributed by atoms with Gasteiger partial charge in [0.15, 0.2) is 0 Å². The molecule has 1 aromatic rings. The van der Waals surface area contributed by atoms with Gasteiger partial charge in [-0.05, 0) is 24.8 Å². The van der Waals surface area contributed by atoms with Crippen LogP contribution in [0.4, 0.5) is 0 Å². The van der Waals surface area contributed by atoms with Gasteiger partial charge in [0.05, 0.1) is 12.2 Å². The number of carbonyl (C=O) groups excluding carboxylic acids is 1. The van der Waals surface area contributed by atoms with E-state index in [1.807, 2.05) is 30.3 Å². The average molecular weight is 286 g/mol. The molecule has 1 aliphatic rings. The minimum Gasteiger partial charge on any atom is -0.388 e. The van der Waals surface area contributed by atoms with E-state index in [0.717, 1.165) is 24.8 Å². The molecule has 0 heterocycles.